The molecule has 1 amide bonds. The van der Waals surface area contributed by atoms with Crippen molar-refractivity contribution in [2.75, 3.05) is 5.75 Å². The van der Waals surface area contributed by atoms with Crippen LogP contribution in [0.3, 0.4) is 0 Å². The molecular weight excluding hydrogens is 325 g/mol. The van der Waals surface area contributed by atoms with Gasteiger partial charge in [-0.15, -0.1) is 0 Å². The number of carboxylic acid groups (broad SMARTS) is 1. The number of benzene rings is 1. The summed E-state index contributed by atoms with van der Waals surface area (Å²) in [5, 5.41) is 11.1. The van der Waals surface area contributed by atoms with Crippen molar-refractivity contribution in [1.82, 2.24) is 5.32 Å². The van der Waals surface area contributed by atoms with Crippen LogP contribution in [0.4, 0.5) is 4.39 Å². The van der Waals surface area contributed by atoms with E-state index in [1.165, 1.54) is 6.07 Å². The van der Waals surface area contributed by atoms with Crippen molar-refractivity contribution < 1.29 is 27.5 Å². The van der Waals surface area contributed by atoms with E-state index < -0.39 is 45.1 Å². The van der Waals surface area contributed by atoms with Gasteiger partial charge in [0.25, 0.3) is 0 Å². The number of amides is 1. The maximum Gasteiger partial charge on any atom is 0.327 e. The lowest BCUT2D eigenvalue weighted by Gasteiger charge is -2.13. The minimum absolute atomic E-state index is 0.158. The Hall–Kier alpha value is -1.67. The second-order valence-electron chi connectivity index (χ2n) is 4.38. The van der Waals surface area contributed by atoms with Gasteiger partial charge >= 0.3 is 5.97 Å². The van der Waals surface area contributed by atoms with E-state index in [1.807, 2.05) is 5.32 Å². The van der Waals surface area contributed by atoms with E-state index >= 15 is 0 Å². The third-order valence-electron chi connectivity index (χ3n) is 2.48. The first kappa shape index (κ1) is 17.4. The molecule has 0 spiro atoms. The molecule has 2 N–H and O–H groups in total. The summed E-state index contributed by atoms with van der Waals surface area (Å²) in [5.74, 6) is -4.46. The zero-order chi connectivity index (χ0) is 16.2. The highest BCUT2D eigenvalue weighted by Gasteiger charge is 2.27. The predicted octanol–water partition coefficient (Wildman–Crippen LogP) is 0.983. The second-order valence-corrected chi connectivity index (χ2v) is 6.93. The molecule has 0 radical (unpaired) electrons. The van der Waals surface area contributed by atoms with E-state index in [1.54, 1.807) is 0 Å². The molecule has 9 heteroatoms. The molecule has 0 aromatic heterocycles. The molecule has 0 saturated carbocycles. The predicted molar refractivity (Wildman–Crippen MR) is 74.1 cm³/mol. The molecule has 1 aromatic carbocycles. The highest BCUT2D eigenvalue weighted by atomic mass is 35.5. The average Bonchev–Trinajstić information content (AvgIpc) is 2.31. The summed E-state index contributed by atoms with van der Waals surface area (Å²) in [6, 6.07) is 1.86. The fourth-order valence-electron chi connectivity index (χ4n) is 1.62. The normalized spacial score (nSPS) is 12.7. The molecule has 21 heavy (non-hydrogen) atoms. The lowest BCUT2D eigenvalue weighted by molar-refractivity contribution is -0.140. The molecule has 1 aromatic rings. The number of aliphatic carboxylic acids is 1. The number of carbonyl (C=O) groups is 2. The monoisotopic (exact) mass is 337 g/mol. The Morgan fingerprint density at radius 3 is 2.57 bits per heavy atom. The third-order valence-corrected chi connectivity index (χ3v) is 4.31. The summed E-state index contributed by atoms with van der Waals surface area (Å²) in [7, 11) is -3.96. The van der Waals surface area contributed by atoms with E-state index in [9.17, 15) is 22.4 Å². The van der Waals surface area contributed by atoms with Crippen LogP contribution < -0.4 is 5.32 Å². The smallest absolute Gasteiger partial charge is 0.327 e. The lowest BCUT2D eigenvalue weighted by Crippen LogP contribution is -2.44. The number of rotatable bonds is 6. The van der Waals surface area contributed by atoms with Crippen LogP contribution in [0.15, 0.2) is 18.2 Å². The first-order valence-corrected chi connectivity index (χ1v) is 7.95. The second kappa shape index (κ2) is 6.86. The summed E-state index contributed by atoms with van der Waals surface area (Å²) in [6.07, 6.45) is 0. The number of carbonyl (C=O) groups excluding carboxylic acids is 1. The molecule has 0 fully saturated rings. The van der Waals surface area contributed by atoms with Crippen molar-refractivity contribution in [3.05, 3.63) is 34.6 Å². The van der Waals surface area contributed by atoms with Crippen LogP contribution in [-0.2, 0) is 25.2 Å². The molecule has 0 unspecified atom stereocenters. The largest absolute Gasteiger partial charge is 0.480 e. The van der Waals surface area contributed by atoms with E-state index in [4.69, 9.17) is 16.7 Å². The molecule has 1 rings (SSSR count). The third kappa shape index (κ3) is 5.68. The SMILES string of the molecule is CC(=O)N[C@@H](CS(=O)(=O)Cc1cc(Cl)ccc1F)C(=O)O. The fourth-order valence-corrected chi connectivity index (χ4v) is 3.37. The number of sulfone groups is 1. The van der Waals surface area contributed by atoms with Gasteiger partial charge in [0, 0.05) is 17.5 Å². The number of nitrogens with one attached hydrogen (secondary N) is 1. The van der Waals surface area contributed by atoms with Crippen molar-refractivity contribution in [1.29, 1.82) is 0 Å². The van der Waals surface area contributed by atoms with Gasteiger partial charge in [-0.3, -0.25) is 4.79 Å². The Morgan fingerprint density at radius 2 is 2.05 bits per heavy atom. The molecule has 0 aliphatic carbocycles. The lowest BCUT2D eigenvalue weighted by atomic mass is 10.2. The Kier molecular flexibility index (Phi) is 5.68. The van der Waals surface area contributed by atoms with Crippen LogP contribution in [0, 0.1) is 5.82 Å². The summed E-state index contributed by atoms with van der Waals surface area (Å²) in [5.41, 5.74) is -0.158. The average molecular weight is 338 g/mol. The van der Waals surface area contributed by atoms with Crippen LogP contribution in [0.2, 0.25) is 5.02 Å². The van der Waals surface area contributed by atoms with Crippen molar-refractivity contribution in [3.63, 3.8) is 0 Å². The molecule has 0 aliphatic heterocycles. The Morgan fingerprint density at radius 1 is 1.43 bits per heavy atom. The zero-order valence-corrected chi connectivity index (χ0v) is 12.5. The van der Waals surface area contributed by atoms with Crippen molar-refractivity contribution in [3.8, 4) is 0 Å². The van der Waals surface area contributed by atoms with Crippen LogP contribution >= 0.6 is 11.6 Å². The van der Waals surface area contributed by atoms with Gasteiger partial charge in [-0.25, -0.2) is 17.6 Å². The van der Waals surface area contributed by atoms with Gasteiger partial charge in [0.1, 0.15) is 11.9 Å². The van der Waals surface area contributed by atoms with E-state index in [0.717, 1.165) is 19.1 Å². The molecule has 0 saturated heterocycles. The van der Waals surface area contributed by atoms with Gasteiger partial charge in [-0.2, -0.15) is 0 Å². The number of hydrogen-bond acceptors (Lipinski definition) is 4. The van der Waals surface area contributed by atoms with Crippen LogP contribution in [0.25, 0.3) is 0 Å². The fraction of sp³-hybridized carbons (Fsp3) is 0.333. The molecular formula is C12H13ClFNO5S. The standard InChI is InChI=1S/C12H13ClFNO5S/c1-7(16)15-11(12(17)18)6-21(19,20)5-8-4-9(13)2-3-10(8)14/h2-4,11H,5-6H2,1H3,(H,15,16)(H,17,18)/t11-/m0/s1. The topological polar surface area (TPSA) is 101 Å². The molecule has 1 atom stereocenters. The summed E-state index contributed by atoms with van der Waals surface area (Å²) < 4.78 is 37.4. The molecule has 6 nitrogen and oxygen atoms in total. The van der Waals surface area contributed by atoms with Crippen molar-refractivity contribution >= 4 is 33.3 Å². The first-order chi connectivity index (χ1) is 9.60. The van der Waals surface area contributed by atoms with Gasteiger partial charge in [0.2, 0.25) is 5.91 Å². The van der Waals surface area contributed by atoms with Crippen LogP contribution in [0.1, 0.15) is 12.5 Å². The van der Waals surface area contributed by atoms with Gasteiger partial charge in [-0.1, -0.05) is 11.6 Å². The summed E-state index contributed by atoms with van der Waals surface area (Å²) >= 11 is 5.66. The highest BCUT2D eigenvalue weighted by Crippen LogP contribution is 2.18. The first-order valence-electron chi connectivity index (χ1n) is 5.75. The summed E-state index contributed by atoms with van der Waals surface area (Å²) in [4.78, 5) is 21.8. The number of carboxylic acids is 1. The van der Waals surface area contributed by atoms with Gasteiger partial charge in [-0.05, 0) is 18.2 Å². The van der Waals surface area contributed by atoms with Crippen molar-refractivity contribution in [2.24, 2.45) is 0 Å². The molecule has 0 aliphatic rings. The van der Waals surface area contributed by atoms with Gasteiger partial charge < -0.3 is 10.4 Å². The van der Waals surface area contributed by atoms with Crippen LogP contribution in [0.5, 0.6) is 0 Å². The highest BCUT2D eigenvalue weighted by molar-refractivity contribution is 7.90. The number of halogens is 2. The Labute approximate surface area is 125 Å². The van der Waals surface area contributed by atoms with E-state index in [-0.39, 0.29) is 10.6 Å². The maximum absolute atomic E-state index is 13.5. The zero-order valence-electron chi connectivity index (χ0n) is 11.0. The Bertz CT molecular complexity index is 662. The molecule has 0 heterocycles. The van der Waals surface area contributed by atoms with Gasteiger partial charge in [0.05, 0.1) is 11.5 Å². The summed E-state index contributed by atoms with van der Waals surface area (Å²) in [6.45, 7) is 1.07. The minimum Gasteiger partial charge on any atom is -0.480 e. The molecule has 0 bridgehead atoms. The molecule has 116 valence electrons. The number of hydrogen-bond donors (Lipinski definition) is 2. The van der Waals surface area contributed by atoms with Gasteiger partial charge in [0.15, 0.2) is 9.84 Å². The van der Waals surface area contributed by atoms with Crippen molar-refractivity contribution in [2.45, 2.75) is 18.7 Å². The maximum atomic E-state index is 13.5. The Balaban J connectivity index is 2.92. The quantitative estimate of drug-likeness (QED) is 0.806. The van der Waals surface area contributed by atoms with E-state index in [2.05, 4.69) is 0 Å². The van der Waals surface area contributed by atoms with E-state index in [0.29, 0.717) is 0 Å². The van der Waals surface area contributed by atoms with Crippen LogP contribution in [-0.4, -0.2) is 37.2 Å². The minimum atomic E-state index is -3.96.